The number of methoxy groups -OCH3 is 1. The van der Waals surface area contributed by atoms with Gasteiger partial charge in [-0.05, 0) is 36.8 Å². The molecule has 0 radical (unpaired) electrons. The molecule has 180 valence electrons. The van der Waals surface area contributed by atoms with E-state index in [2.05, 4.69) is 5.32 Å². The number of phenolic OH excluding ortho intramolecular Hbond substituents is 1. The predicted octanol–water partition coefficient (Wildman–Crippen LogP) is 3.60. The van der Waals surface area contributed by atoms with Crippen molar-refractivity contribution in [3.05, 3.63) is 47.5 Å². The molecule has 0 saturated carbocycles. The van der Waals surface area contributed by atoms with Crippen LogP contribution in [0.25, 0.3) is 0 Å². The van der Waals surface area contributed by atoms with Crippen molar-refractivity contribution in [2.45, 2.75) is 37.9 Å². The summed E-state index contributed by atoms with van der Waals surface area (Å²) in [7, 11) is 1.54. The Bertz CT molecular complexity index is 1110. The Hall–Kier alpha value is -3.46. The molecule has 1 saturated heterocycles. The molecule has 5 rings (SSSR count). The van der Waals surface area contributed by atoms with Crippen molar-refractivity contribution in [1.82, 2.24) is 10.2 Å². The first kappa shape index (κ1) is 22.3. The second-order valence-electron chi connectivity index (χ2n) is 8.64. The Kier molecular flexibility index (Phi) is 5.95. The van der Waals surface area contributed by atoms with Gasteiger partial charge in [0.25, 0.3) is 0 Å². The maximum absolute atomic E-state index is 12.2. The number of carbonyl (C=O) groups is 1. The second-order valence-corrected chi connectivity index (χ2v) is 8.64. The molecule has 2 aromatic rings. The smallest absolute Gasteiger partial charge is 0.409 e. The van der Waals surface area contributed by atoms with E-state index in [0.717, 1.165) is 22.6 Å². The Labute approximate surface area is 198 Å². The van der Waals surface area contributed by atoms with Gasteiger partial charge >= 0.3 is 6.09 Å². The lowest BCUT2D eigenvalue weighted by atomic mass is 9.87. The average Bonchev–Trinajstić information content (AvgIpc) is 3.32. The summed E-state index contributed by atoms with van der Waals surface area (Å²) in [5, 5.41) is 14.6. The highest BCUT2D eigenvalue weighted by atomic mass is 16.7. The van der Waals surface area contributed by atoms with Gasteiger partial charge in [0.1, 0.15) is 5.66 Å². The van der Waals surface area contributed by atoms with Crippen LogP contribution in [0.3, 0.4) is 0 Å². The fourth-order valence-corrected chi connectivity index (χ4v) is 4.87. The van der Waals surface area contributed by atoms with Gasteiger partial charge in [0.05, 0.1) is 13.7 Å². The molecule has 1 spiro atoms. The third-order valence-corrected chi connectivity index (χ3v) is 6.64. The Morgan fingerprint density at radius 1 is 1.24 bits per heavy atom. The zero-order chi connectivity index (χ0) is 23.7. The van der Waals surface area contributed by atoms with Crippen LogP contribution in [-0.4, -0.2) is 61.1 Å². The number of hydrogen-bond donors (Lipinski definition) is 2. The molecular weight excluding hydrogens is 438 g/mol. The number of para-hydroxylation sites is 1. The number of aliphatic imine (C=N–C) groups is 1. The highest BCUT2D eigenvalue weighted by Gasteiger charge is 2.42. The number of ether oxygens (including phenoxy) is 4. The standard InChI is InChI=1S/C25H29N3O6/c1-3-32-24(30)28-11-9-25(10-12-28)26-18(16-7-8-20-22(13-16)34-15-33-20)14-19(27-25)17-5-4-6-21(31-2)23(17)29/h4-8,13,19,27,29H,3,9-12,14-15H2,1-2H3/t19-/m1/s1. The topological polar surface area (TPSA) is 102 Å². The number of carbonyl (C=O) groups excluding carboxylic acids is 1. The van der Waals surface area contributed by atoms with E-state index in [4.69, 9.17) is 23.9 Å². The number of amides is 1. The molecule has 1 amide bonds. The highest BCUT2D eigenvalue weighted by Crippen LogP contribution is 2.41. The van der Waals surface area contributed by atoms with Crippen molar-refractivity contribution >= 4 is 11.8 Å². The van der Waals surface area contributed by atoms with Crippen molar-refractivity contribution < 1.29 is 28.8 Å². The van der Waals surface area contributed by atoms with Crippen molar-refractivity contribution in [3.63, 3.8) is 0 Å². The van der Waals surface area contributed by atoms with Gasteiger partial charge in [-0.2, -0.15) is 0 Å². The van der Waals surface area contributed by atoms with Crippen LogP contribution in [0.1, 0.15) is 43.4 Å². The van der Waals surface area contributed by atoms with Crippen molar-refractivity contribution in [3.8, 4) is 23.0 Å². The molecule has 0 unspecified atom stereocenters. The number of fused-ring (bicyclic) bond motifs is 1. The summed E-state index contributed by atoms with van der Waals surface area (Å²) in [5.41, 5.74) is 2.03. The first-order chi connectivity index (χ1) is 16.5. The summed E-state index contributed by atoms with van der Waals surface area (Å²) in [6.45, 7) is 3.42. The number of nitrogens with zero attached hydrogens (tertiary/aromatic N) is 2. The molecule has 2 aromatic carbocycles. The molecule has 3 aliphatic rings. The first-order valence-electron chi connectivity index (χ1n) is 11.6. The lowest BCUT2D eigenvalue weighted by Crippen LogP contribution is -2.56. The van der Waals surface area contributed by atoms with E-state index in [1.165, 1.54) is 0 Å². The van der Waals surface area contributed by atoms with Gasteiger partial charge in [0.2, 0.25) is 6.79 Å². The molecule has 34 heavy (non-hydrogen) atoms. The van der Waals surface area contributed by atoms with Gasteiger partial charge in [-0.3, -0.25) is 10.3 Å². The fourth-order valence-electron chi connectivity index (χ4n) is 4.87. The lowest BCUT2D eigenvalue weighted by molar-refractivity contribution is 0.0778. The maximum Gasteiger partial charge on any atom is 0.409 e. The van der Waals surface area contributed by atoms with Gasteiger partial charge in [-0.15, -0.1) is 0 Å². The number of rotatable bonds is 4. The van der Waals surface area contributed by atoms with E-state index >= 15 is 0 Å². The zero-order valence-electron chi connectivity index (χ0n) is 19.4. The average molecular weight is 468 g/mol. The summed E-state index contributed by atoms with van der Waals surface area (Å²) in [5.74, 6) is 1.97. The largest absolute Gasteiger partial charge is 0.504 e. The van der Waals surface area contributed by atoms with E-state index in [-0.39, 0.29) is 24.7 Å². The second kappa shape index (κ2) is 9.06. The lowest BCUT2D eigenvalue weighted by Gasteiger charge is -2.45. The summed E-state index contributed by atoms with van der Waals surface area (Å²) < 4.78 is 21.6. The zero-order valence-corrected chi connectivity index (χ0v) is 19.4. The van der Waals surface area contributed by atoms with Crippen molar-refractivity contribution in [2.24, 2.45) is 4.99 Å². The van der Waals surface area contributed by atoms with E-state index in [0.29, 0.717) is 50.5 Å². The molecule has 0 aliphatic carbocycles. The van der Waals surface area contributed by atoms with Gasteiger partial charge in [0.15, 0.2) is 23.0 Å². The van der Waals surface area contributed by atoms with Crippen molar-refractivity contribution in [2.75, 3.05) is 33.6 Å². The third kappa shape index (κ3) is 4.11. The number of aromatic hydroxyl groups is 1. The van der Waals surface area contributed by atoms with Crippen LogP contribution in [0.2, 0.25) is 0 Å². The predicted molar refractivity (Wildman–Crippen MR) is 125 cm³/mol. The van der Waals surface area contributed by atoms with Crippen LogP contribution < -0.4 is 19.5 Å². The van der Waals surface area contributed by atoms with Gasteiger partial charge in [-0.1, -0.05) is 12.1 Å². The van der Waals surface area contributed by atoms with E-state index in [1.807, 2.05) is 30.3 Å². The number of benzene rings is 2. The van der Waals surface area contributed by atoms with E-state index in [9.17, 15) is 9.90 Å². The minimum atomic E-state index is -0.576. The third-order valence-electron chi connectivity index (χ3n) is 6.64. The molecular formula is C25H29N3O6. The van der Waals surface area contributed by atoms with Crippen LogP contribution in [0, 0.1) is 0 Å². The molecule has 1 atom stereocenters. The summed E-state index contributed by atoms with van der Waals surface area (Å²) in [4.78, 5) is 19.1. The molecule has 3 aliphatic heterocycles. The SMILES string of the molecule is CCOC(=O)N1CCC2(CC1)N=C(c1ccc3c(c1)OCO3)C[C@H](c1cccc(OC)c1O)N2. The molecule has 2 N–H and O–H groups in total. The Balaban J connectivity index is 1.49. The summed E-state index contributed by atoms with van der Waals surface area (Å²) in [6, 6.07) is 11.2. The number of nitrogens with one attached hydrogen (secondary N) is 1. The van der Waals surface area contributed by atoms with E-state index in [1.54, 1.807) is 25.0 Å². The van der Waals surface area contributed by atoms with Crippen LogP contribution >= 0.6 is 0 Å². The first-order valence-corrected chi connectivity index (χ1v) is 11.6. The molecule has 9 nitrogen and oxygen atoms in total. The van der Waals surface area contributed by atoms with E-state index < -0.39 is 5.66 Å². The number of piperidine rings is 1. The van der Waals surface area contributed by atoms with Crippen LogP contribution in [0.5, 0.6) is 23.0 Å². The molecule has 9 heteroatoms. The minimum absolute atomic E-state index is 0.119. The van der Waals surface area contributed by atoms with Gasteiger partial charge < -0.3 is 29.0 Å². The number of likely N-dealkylation sites (tertiary alicyclic amines) is 1. The van der Waals surface area contributed by atoms with Gasteiger partial charge in [0, 0.05) is 49.7 Å². The molecule has 0 aromatic heterocycles. The molecule has 1 fully saturated rings. The monoisotopic (exact) mass is 467 g/mol. The quantitative estimate of drug-likeness (QED) is 0.708. The minimum Gasteiger partial charge on any atom is -0.504 e. The number of phenols is 1. The normalized spacial score (nSPS) is 20.7. The van der Waals surface area contributed by atoms with Gasteiger partial charge in [-0.25, -0.2) is 4.79 Å². The number of hydrogen-bond acceptors (Lipinski definition) is 8. The molecule has 3 heterocycles. The summed E-state index contributed by atoms with van der Waals surface area (Å²) in [6.07, 6.45) is 1.53. The maximum atomic E-state index is 12.2. The Morgan fingerprint density at radius 2 is 2.03 bits per heavy atom. The van der Waals surface area contributed by atoms with Crippen LogP contribution in [-0.2, 0) is 4.74 Å². The fraction of sp³-hybridized carbons (Fsp3) is 0.440. The summed E-state index contributed by atoms with van der Waals surface area (Å²) >= 11 is 0. The van der Waals surface area contributed by atoms with Crippen LogP contribution in [0.15, 0.2) is 41.4 Å². The highest BCUT2D eigenvalue weighted by molar-refractivity contribution is 6.02. The Morgan fingerprint density at radius 3 is 2.79 bits per heavy atom. The van der Waals surface area contributed by atoms with Crippen LogP contribution in [0.4, 0.5) is 4.79 Å². The molecule has 0 bridgehead atoms. The van der Waals surface area contributed by atoms with Crippen molar-refractivity contribution in [1.29, 1.82) is 0 Å².